The van der Waals surface area contributed by atoms with E-state index in [0.29, 0.717) is 36.7 Å². The Morgan fingerprint density at radius 3 is 1.96 bits per heavy atom. The zero-order valence-electron chi connectivity index (χ0n) is 15.7. The normalized spacial score (nSPS) is 19.7. The smallest absolute Gasteiger partial charge is 0.343 e. The summed E-state index contributed by atoms with van der Waals surface area (Å²) in [6, 6.07) is 14.0. The molecule has 2 atom stereocenters. The van der Waals surface area contributed by atoms with Crippen LogP contribution in [-0.2, 0) is 9.47 Å². The Hall–Kier alpha value is -2.57. The Labute approximate surface area is 164 Å². The number of rotatable bonds is 11. The van der Waals surface area contributed by atoms with Gasteiger partial charge in [-0.2, -0.15) is 0 Å². The first kappa shape index (κ1) is 18.8. The average molecular weight is 384 g/mol. The van der Waals surface area contributed by atoms with Gasteiger partial charge in [0.25, 0.3) is 0 Å². The van der Waals surface area contributed by atoms with Gasteiger partial charge >= 0.3 is 5.97 Å². The highest BCUT2D eigenvalue weighted by molar-refractivity contribution is 5.91. The van der Waals surface area contributed by atoms with Crippen molar-refractivity contribution in [2.45, 2.75) is 31.5 Å². The van der Waals surface area contributed by atoms with E-state index >= 15 is 0 Å². The van der Waals surface area contributed by atoms with Crippen LogP contribution in [0.4, 0.5) is 0 Å². The lowest BCUT2D eigenvalue weighted by Crippen LogP contribution is -2.08. The molecule has 28 heavy (non-hydrogen) atoms. The third kappa shape index (κ3) is 5.97. The first-order valence-corrected chi connectivity index (χ1v) is 9.67. The number of carbonyl (C=O) groups is 1. The predicted molar refractivity (Wildman–Crippen MR) is 102 cm³/mol. The number of esters is 1. The van der Waals surface area contributed by atoms with Crippen molar-refractivity contribution in [3.05, 3.63) is 54.1 Å². The molecule has 2 saturated heterocycles. The first-order valence-electron chi connectivity index (χ1n) is 9.67. The fourth-order valence-electron chi connectivity index (χ4n) is 2.74. The highest BCUT2D eigenvalue weighted by Crippen LogP contribution is 2.21. The molecule has 2 fully saturated rings. The second-order valence-electron chi connectivity index (χ2n) is 6.92. The summed E-state index contributed by atoms with van der Waals surface area (Å²) >= 11 is 0. The van der Waals surface area contributed by atoms with E-state index < -0.39 is 5.97 Å². The Bertz CT molecular complexity index is 763. The molecule has 0 aromatic heterocycles. The van der Waals surface area contributed by atoms with Crippen molar-refractivity contribution in [2.75, 3.05) is 26.4 Å². The van der Waals surface area contributed by atoms with Gasteiger partial charge < -0.3 is 23.7 Å². The molecule has 0 spiro atoms. The lowest BCUT2D eigenvalue weighted by atomic mass is 10.2. The minimum Gasteiger partial charge on any atom is -0.494 e. The summed E-state index contributed by atoms with van der Waals surface area (Å²) in [5.41, 5.74) is 0.475. The maximum absolute atomic E-state index is 12.3. The molecular weight excluding hydrogens is 360 g/mol. The largest absolute Gasteiger partial charge is 0.494 e. The standard InChI is InChI=1S/C22H24O6/c23-22(16-3-5-17(6-4-16)24-12-1-2-20-14-26-20)28-19-9-7-18(8-10-19)25-13-11-21-15-27-21/h3-10,20-21H,1-2,11-15H2. The third-order valence-electron chi connectivity index (χ3n) is 4.58. The van der Waals surface area contributed by atoms with Gasteiger partial charge in [0.1, 0.15) is 17.2 Å². The second kappa shape index (κ2) is 9.08. The number of ether oxygens (including phenoxy) is 5. The van der Waals surface area contributed by atoms with Crippen molar-refractivity contribution < 1.29 is 28.5 Å². The monoisotopic (exact) mass is 384 g/mol. The van der Waals surface area contributed by atoms with E-state index in [0.717, 1.165) is 44.0 Å². The zero-order chi connectivity index (χ0) is 19.2. The average Bonchev–Trinajstić information content (AvgIpc) is 3.62. The fraction of sp³-hybridized carbons (Fsp3) is 0.409. The molecule has 2 heterocycles. The number of hydrogen-bond acceptors (Lipinski definition) is 6. The van der Waals surface area contributed by atoms with E-state index in [1.807, 2.05) is 0 Å². The quantitative estimate of drug-likeness (QED) is 0.255. The Morgan fingerprint density at radius 1 is 0.786 bits per heavy atom. The van der Waals surface area contributed by atoms with Crippen LogP contribution in [0.3, 0.4) is 0 Å². The Balaban J connectivity index is 1.20. The summed E-state index contributed by atoms with van der Waals surface area (Å²) in [5.74, 6) is 1.56. The molecule has 2 aromatic rings. The molecule has 6 heteroatoms. The molecule has 0 aliphatic carbocycles. The maximum Gasteiger partial charge on any atom is 0.343 e. The topological polar surface area (TPSA) is 69.8 Å². The van der Waals surface area contributed by atoms with Gasteiger partial charge in [-0.25, -0.2) is 4.79 Å². The van der Waals surface area contributed by atoms with E-state index in [1.54, 1.807) is 48.5 Å². The summed E-state index contributed by atoms with van der Waals surface area (Å²) in [6.07, 6.45) is 3.67. The summed E-state index contributed by atoms with van der Waals surface area (Å²) in [7, 11) is 0. The van der Waals surface area contributed by atoms with Crippen LogP contribution in [0.25, 0.3) is 0 Å². The predicted octanol–water partition coefficient (Wildman–Crippen LogP) is 3.63. The lowest BCUT2D eigenvalue weighted by Gasteiger charge is -2.08. The van der Waals surface area contributed by atoms with Crippen LogP contribution in [0.5, 0.6) is 17.2 Å². The van der Waals surface area contributed by atoms with Crippen molar-refractivity contribution in [3.63, 3.8) is 0 Å². The minimum absolute atomic E-state index is 0.356. The summed E-state index contributed by atoms with van der Waals surface area (Å²) in [4.78, 5) is 12.3. The van der Waals surface area contributed by atoms with Gasteiger partial charge in [0, 0.05) is 6.42 Å². The molecular formula is C22H24O6. The maximum atomic E-state index is 12.3. The highest BCUT2D eigenvalue weighted by atomic mass is 16.6. The highest BCUT2D eigenvalue weighted by Gasteiger charge is 2.22. The van der Waals surface area contributed by atoms with Crippen molar-refractivity contribution in [1.29, 1.82) is 0 Å². The van der Waals surface area contributed by atoms with E-state index in [4.69, 9.17) is 23.7 Å². The van der Waals surface area contributed by atoms with E-state index in [2.05, 4.69) is 0 Å². The van der Waals surface area contributed by atoms with Crippen LogP contribution in [0, 0.1) is 0 Å². The van der Waals surface area contributed by atoms with E-state index in [9.17, 15) is 4.79 Å². The number of benzene rings is 2. The Morgan fingerprint density at radius 2 is 1.32 bits per heavy atom. The third-order valence-corrected chi connectivity index (χ3v) is 4.58. The van der Waals surface area contributed by atoms with Crippen LogP contribution in [0.15, 0.2) is 48.5 Å². The molecule has 2 aliphatic rings. The molecule has 6 nitrogen and oxygen atoms in total. The number of hydrogen-bond donors (Lipinski definition) is 0. The molecule has 2 unspecified atom stereocenters. The molecule has 0 bridgehead atoms. The summed E-state index contributed by atoms with van der Waals surface area (Å²) < 4.78 is 27.0. The van der Waals surface area contributed by atoms with Crippen LogP contribution in [0.1, 0.15) is 29.6 Å². The molecule has 2 aromatic carbocycles. The summed E-state index contributed by atoms with van der Waals surface area (Å²) in [5, 5.41) is 0. The molecule has 2 aliphatic heterocycles. The molecule has 0 radical (unpaired) electrons. The number of epoxide rings is 2. The number of carbonyl (C=O) groups excluding carboxylic acids is 1. The van der Waals surface area contributed by atoms with Crippen LogP contribution >= 0.6 is 0 Å². The zero-order valence-corrected chi connectivity index (χ0v) is 15.7. The lowest BCUT2D eigenvalue weighted by molar-refractivity contribution is 0.0734. The molecule has 148 valence electrons. The van der Waals surface area contributed by atoms with E-state index in [-0.39, 0.29) is 0 Å². The van der Waals surface area contributed by atoms with Crippen molar-refractivity contribution >= 4 is 5.97 Å². The first-order chi connectivity index (χ1) is 13.8. The van der Waals surface area contributed by atoms with Crippen LogP contribution < -0.4 is 14.2 Å². The van der Waals surface area contributed by atoms with Crippen LogP contribution in [0.2, 0.25) is 0 Å². The molecule has 4 rings (SSSR count). The van der Waals surface area contributed by atoms with Gasteiger partial charge in [-0.05, 0) is 61.4 Å². The minimum atomic E-state index is -0.406. The van der Waals surface area contributed by atoms with Crippen molar-refractivity contribution in [1.82, 2.24) is 0 Å². The van der Waals surface area contributed by atoms with E-state index in [1.165, 1.54) is 0 Å². The van der Waals surface area contributed by atoms with Gasteiger partial charge in [0.05, 0.1) is 44.2 Å². The van der Waals surface area contributed by atoms with Gasteiger partial charge in [-0.15, -0.1) is 0 Å². The fourth-order valence-corrected chi connectivity index (χ4v) is 2.74. The molecule has 0 saturated carbocycles. The van der Waals surface area contributed by atoms with Crippen molar-refractivity contribution in [3.8, 4) is 17.2 Å². The Kier molecular flexibility index (Phi) is 6.09. The molecule has 0 amide bonds. The van der Waals surface area contributed by atoms with Crippen molar-refractivity contribution in [2.24, 2.45) is 0 Å². The SMILES string of the molecule is O=C(Oc1ccc(OCCC2CO2)cc1)c1ccc(OCCCC2CO2)cc1. The van der Waals surface area contributed by atoms with Gasteiger partial charge in [0.15, 0.2) is 0 Å². The second-order valence-corrected chi connectivity index (χ2v) is 6.92. The van der Waals surface area contributed by atoms with Gasteiger partial charge in [-0.3, -0.25) is 0 Å². The van der Waals surface area contributed by atoms with Gasteiger partial charge in [0.2, 0.25) is 0 Å². The summed E-state index contributed by atoms with van der Waals surface area (Å²) in [6.45, 7) is 2.97. The van der Waals surface area contributed by atoms with Crippen LogP contribution in [-0.4, -0.2) is 44.6 Å². The molecule has 0 N–H and O–H groups in total. The van der Waals surface area contributed by atoms with Gasteiger partial charge in [-0.1, -0.05) is 0 Å².